The summed E-state index contributed by atoms with van der Waals surface area (Å²) in [4.78, 5) is 6.48. The van der Waals surface area contributed by atoms with E-state index < -0.39 is 0 Å². The lowest BCUT2D eigenvalue weighted by Crippen LogP contribution is -2.24. The maximum absolute atomic E-state index is 9.17. The zero-order valence-electron chi connectivity index (χ0n) is 11.3. The molecule has 0 aliphatic rings. The molecule has 1 heterocycles. The topological polar surface area (TPSA) is 39.9 Å². The van der Waals surface area contributed by atoms with Crippen LogP contribution in [0.25, 0.3) is 0 Å². The number of aryl methyl sites for hydroxylation is 1. The fourth-order valence-electron chi connectivity index (χ4n) is 2.07. The van der Waals surface area contributed by atoms with Crippen molar-refractivity contribution < 1.29 is 0 Å². The van der Waals surface area contributed by atoms with E-state index in [1.54, 1.807) is 12.3 Å². The van der Waals surface area contributed by atoms with Gasteiger partial charge in [-0.2, -0.15) is 5.26 Å². The predicted octanol–water partition coefficient (Wildman–Crippen LogP) is 3.29. The van der Waals surface area contributed by atoms with Gasteiger partial charge in [0, 0.05) is 19.3 Å². The Morgan fingerprint density at radius 2 is 2.00 bits per heavy atom. The fourth-order valence-corrected chi connectivity index (χ4v) is 2.07. The highest BCUT2D eigenvalue weighted by atomic mass is 15.2. The Morgan fingerprint density at radius 3 is 2.68 bits per heavy atom. The number of pyridine rings is 1. The van der Waals surface area contributed by atoms with Gasteiger partial charge in [0.25, 0.3) is 0 Å². The Bertz CT molecular complexity index is 599. The molecule has 0 radical (unpaired) electrons. The lowest BCUT2D eigenvalue weighted by molar-refractivity contribution is 0.808. The van der Waals surface area contributed by atoms with E-state index in [1.807, 2.05) is 18.2 Å². The zero-order chi connectivity index (χ0) is 13.7. The van der Waals surface area contributed by atoms with Crippen molar-refractivity contribution in [2.45, 2.75) is 20.4 Å². The highest BCUT2D eigenvalue weighted by molar-refractivity contribution is 5.53. The SMILES string of the molecule is CCN(Cc1ccccc1C)c1ncccc1C#N. The molecule has 2 rings (SSSR count). The summed E-state index contributed by atoms with van der Waals surface area (Å²) in [5, 5.41) is 9.17. The number of hydrogen-bond acceptors (Lipinski definition) is 3. The van der Waals surface area contributed by atoms with E-state index in [1.165, 1.54) is 11.1 Å². The summed E-state index contributed by atoms with van der Waals surface area (Å²) < 4.78 is 0. The largest absolute Gasteiger partial charge is 0.351 e. The second-order valence-corrected chi connectivity index (χ2v) is 4.43. The molecule has 19 heavy (non-hydrogen) atoms. The van der Waals surface area contributed by atoms with Crippen molar-refractivity contribution >= 4 is 5.82 Å². The molecule has 0 aliphatic carbocycles. The van der Waals surface area contributed by atoms with Crippen LogP contribution in [0.2, 0.25) is 0 Å². The van der Waals surface area contributed by atoms with Gasteiger partial charge in [-0.3, -0.25) is 0 Å². The number of benzene rings is 1. The quantitative estimate of drug-likeness (QED) is 0.837. The van der Waals surface area contributed by atoms with Gasteiger partial charge in [0.2, 0.25) is 0 Å². The number of hydrogen-bond donors (Lipinski definition) is 0. The minimum Gasteiger partial charge on any atom is -0.351 e. The zero-order valence-corrected chi connectivity index (χ0v) is 11.3. The molecule has 1 aromatic heterocycles. The van der Waals surface area contributed by atoms with E-state index in [4.69, 9.17) is 5.26 Å². The average molecular weight is 251 g/mol. The third kappa shape index (κ3) is 2.92. The highest BCUT2D eigenvalue weighted by Gasteiger charge is 2.12. The minimum atomic E-state index is 0.623. The second kappa shape index (κ2) is 6.01. The first-order chi connectivity index (χ1) is 9.26. The molecule has 0 fully saturated rings. The second-order valence-electron chi connectivity index (χ2n) is 4.43. The molecule has 0 saturated carbocycles. The van der Waals surface area contributed by atoms with Gasteiger partial charge in [0.1, 0.15) is 11.9 Å². The number of nitrogens with zero attached hydrogens (tertiary/aromatic N) is 3. The molecular weight excluding hydrogens is 234 g/mol. The maximum atomic E-state index is 9.17. The van der Waals surface area contributed by atoms with E-state index in [9.17, 15) is 0 Å². The van der Waals surface area contributed by atoms with Crippen LogP contribution >= 0.6 is 0 Å². The summed E-state index contributed by atoms with van der Waals surface area (Å²) in [7, 11) is 0. The average Bonchev–Trinajstić information content (AvgIpc) is 2.46. The van der Waals surface area contributed by atoms with Crippen molar-refractivity contribution in [3.8, 4) is 6.07 Å². The van der Waals surface area contributed by atoms with Crippen LogP contribution in [0.4, 0.5) is 5.82 Å². The molecule has 0 amide bonds. The third-order valence-electron chi connectivity index (χ3n) is 3.21. The molecule has 0 bridgehead atoms. The molecule has 0 unspecified atom stereocenters. The van der Waals surface area contributed by atoms with Gasteiger partial charge in [-0.05, 0) is 37.1 Å². The first-order valence-corrected chi connectivity index (χ1v) is 6.40. The summed E-state index contributed by atoms with van der Waals surface area (Å²) >= 11 is 0. The van der Waals surface area contributed by atoms with Gasteiger partial charge in [0.05, 0.1) is 5.56 Å². The first-order valence-electron chi connectivity index (χ1n) is 6.40. The number of rotatable bonds is 4. The summed E-state index contributed by atoms with van der Waals surface area (Å²) in [6.45, 7) is 5.77. The summed E-state index contributed by atoms with van der Waals surface area (Å²) in [5.74, 6) is 0.760. The summed E-state index contributed by atoms with van der Waals surface area (Å²) in [6.07, 6.45) is 1.73. The number of aromatic nitrogens is 1. The minimum absolute atomic E-state index is 0.623. The molecule has 0 atom stereocenters. The van der Waals surface area contributed by atoms with Gasteiger partial charge < -0.3 is 4.90 Å². The molecule has 0 aliphatic heterocycles. The van der Waals surface area contributed by atoms with Crippen molar-refractivity contribution in [3.63, 3.8) is 0 Å². The third-order valence-corrected chi connectivity index (χ3v) is 3.21. The van der Waals surface area contributed by atoms with Crippen molar-refractivity contribution in [2.24, 2.45) is 0 Å². The van der Waals surface area contributed by atoms with Crippen LogP contribution in [-0.2, 0) is 6.54 Å². The lowest BCUT2D eigenvalue weighted by atomic mass is 10.1. The molecule has 0 spiro atoms. The molecule has 0 N–H and O–H groups in total. The molecule has 3 heteroatoms. The van der Waals surface area contributed by atoms with Crippen LogP contribution in [0, 0.1) is 18.3 Å². The Kier molecular flexibility index (Phi) is 4.15. The summed E-state index contributed by atoms with van der Waals surface area (Å²) in [6, 6.07) is 14.1. The van der Waals surface area contributed by atoms with E-state index in [2.05, 4.69) is 41.9 Å². The van der Waals surface area contributed by atoms with Crippen LogP contribution in [-0.4, -0.2) is 11.5 Å². The standard InChI is InChI=1S/C16H17N3/c1-3-19(12-15-8-5-4-7-13(15)2)16-14(11-17)9-6-10-18-16/h4-10H,3,12H2,1-2H3. The first kappa shape index (κ1) is 13.1. The van der Waals surface area contributed by atoms with Crippen LogP contribution in [0.5, 0.6) is 0 Å². The molecule has 0 saturated heterocycles. The van der Waals surface area contributed by atoms with Crippen molar-refractivity contribution in [2.75, 3.05) is 11.4 Å². The fraction of sp³-hybridized carbons (Fsp3) is 0.250. The number of nitriles is 1. The van der Waals surface area contributed by atoms with Crippen LogP contribution in [0.15, 0.2) is 42.6 Å². The van der Waals surface area contributed by atoms with Crippen molar-refractivity contribution in [3.05, 3.63) is 59.3 Å². The molecular formula is C16H17N3. The van der Waals surface area contributed by atoms with Gasteiger partial charge in [-0.15, -0.1) is 0 Å². The van der Waals surface area contributed by atoms with Gasteiger partial charge in [-0.25, -0.2) is 4.98 Å². The highest BCUT2D eigenvalue weighted by Crippen LogP contribution is 2.19. The van der Waals surface area contributed by atoms with Crippen molar-refractivity contribution in [1.82, 2.24) is 4.98 Å². The Balaban J connectivity index is 2.31. The van der Waals surface area contributed by atoms with Gasteiger partial charge in [-0.1, -0.05) is 24.3 Å². The molecule has 1 aromatic carbocycles. The van der Waals surface area contributed by atoms with Gasteiger partial charge >= 0.3 is 0 Å². The smallest absolute Gasteiger partial charge is 0.146 e. The lowest BCUT2D eigenvalue weighted by Gasteiger charge is -2.23. The summed E-state index contributed by atoms with van der Waals surface area (Å²) in [5.41, 5.74) is 3.15. The van der Waals surface area contributed by atoms with E-state index >= 15 is 0 Å². The van der Waals surface area contributed by atoms with Crippen LogP contribution in [0.1, 0.15) is 23.6 Å². The van der Waals surface area contributed by atoms with Gasteiger partial charge in [0.15, 0.2) is 0 Å². The van der Waals surface area contributed by atoms with E-state index in [-0.39, 0.29) is 0 Å². The van der Waals surface area contributed by atoms with Crippen LogP contribution in [0.3, 0.4) is 0 Å². The predicted molar refractivity (Wildman–Crippen MR) is 76.9 cm³/mol. The number of anilines is 1. The normalized spacial score (nSPS) is 9.95. The molecule has 3 nitrogen and oxygen atoms in total. The van der Waals surface area contributed by atoms with Crippen molar-refractivity contribution in [1.29, 1.82) is 5.26 Å². The molecule has 2 aromatic rings. The Labute approximate surface area is 114 Å². The Hall–Kier alpha value is -2.34. The van der Waals surface area contributed by atoms with E-state index in [0.717, 1.165) is 18.9 Å². The monoisotopic (exact) mass is 251 g/mol. The Morgan fingerprint density at radius 1 is 1.21 bits per heavy atom. The van der Waals surface area contributed by atoms with Crippen LogP contribution < -0.4 is 4.90 Å². The van der Waals surface area contributed by atoms with E-state index in [0.29, 0.717) is 5.56 Å². The maximum Gasteiger partial charge on any atom is 0.146 e. The molecule has 96 valence electrons.